The van der Waals surface area contributed by atoms with Crippen LogP contribution in [-0.2, 0) is 14.8 Å². The molecule has 2 rings (SSSR count). The molecule has 1 aromatic carbocycles. The number of sulfonamides is 1. The Kier molecular flexibility index (Phi) is 5.79. The predicted molar refractivity (Wildman–Crippen MR) is 98.4 cm³/mol. The van der Waals surface area contributed by atoms with Crippen molar-refractivity contribution >= 4 is 39.1 Å². The van der Waals surface area contributed by atoms with E-state index in [1.165, 1.54) is 18.2 Å². The predicted octanol–water partition coefficient (Wildman–Crippen LogP) is 2.96. The van der Waals surface area contributed by atoms with Crippen molar-refractivity contribution < 1.29 is 18.0 Å². The first-order valence-corrected chi connectivity index (χ1v) is 10.1. The van der Waals surface area contributed by atoms with Crippen LogP contribution in [0.5, 0.6) is 0 Å². The lowest BCUT2D eigenvalue weighted by Gasteiger charge is -2.18. The van der Waals surface area contributed by atoms with E-state index in [4.69, 9.17) is 11.6 Å². The minimum absolute atomic E-state index is 0.0563. The van der Waals surface area contributed by atoms with Gasteiger partial charge in [-0.1, -0.05) is 32.4 Å². The molecule has 0 aromatic heterocycles. The third-order valence-electron chi connectivity index (χ3n) is 3.90. The van der Waals surface area contributed by atoms with E-state index in [1.54, 1.807) is 0 Å². The van der Waals surface area contributed by atoms with Crippen molar-refractivity contribution in [1.82, 2.24) is 5.32 Å². The van der Waals surface area contributed by atoms with Crippen LogP contribution >= 0.6 is 11.6 Å². The van der Waals surface area contributed by atoms with Crippen LogP contribution in [0, 0.1) is 5.41 Å². The lowest BCUT2D eigenvalue weighted by Crippen LogP contribution is -2.30. The number of hydrogen-bond donors (Lipinski definition) is 1. The van der Waals surface area contributed by atoms with Gasteiger partial charge < -0.3 is 5.32 Å². The quantitative estimate of drug-likeness (QED) is 0.788. The summed E-state index contributed by atoms with van der Waals surface area (Å²) in [6.45, 7) is 6.88. The summed E-state index contributed by atoms with van der Waals surface area (Å²) < 4.78 is 24.8. The van der Waals surface area contributed by atoms with Crippen molar-refractivity contribution in [2.45, 2.75) is 40.0 Å². The Morgan fingerprint density at radius 3 is 2.56 bits per heavy atom. The van der Waals surface area contributed by atoms with Crippen molar-refractivity contribution in [3.05, 3.63) is 28.8 Å². The van der Waals surface area contributed by atoms with Crippen LogP contribution in [0.2, 0.25) is 5.02 Å². The molecule has 0 atom stereocenters. The Hall–Kier alpha value is -1.60. The Balaban J connectivity index is 2.14. The molecule has 1 N–H and O–H groups in total. The highest BCUT2D eigenvalue weighted by Gasteiger charge is 2.36. The van der Waals surface area contributed by atoms with Crippen LogP contribution in [0.15, 0.2) is 18.2 Å². The largest absolute Gasteiger partial charge is 0.352 e. The number of rotatable bonds is 5. The Morgan fingerprint density at radius 2 is 2.00 bits per heavy atom. The van der Waals surface area contributed by atoms with Gasteiger partial charge in [-0.25, -0.2) is 12.7 Å². The summed E-state index contributed by atoms with van der Waals surface area (Å²) in [6, 6.07) is 4.21. The second kappa shape index (κ2) is 7.33. The summed E-state index contributed by atoms with van der Waals surface area (Å²) in [5.74, 6) is -1.10. The number of amides is 2. The van der Waals surface area contributed by atoms with Crippen LogP contribution in [0.1, 0.15) is 50.4 Å². The van der Waals surface area contributed by atoms with Gasteiger partial charge >= 0.3 is 0 Å². The fraction of sp³-hybridized carbons (Fsp3) is 0.529. The molecular formula is C17H23ClN2O4S. The first kappa shape index (κ1) is 19.7. The van der Waals surface area contributed by atoms with Crippen LogP contribution in [0.3, 0.4) is 0 Å². The van der Waals surface area contributed by atoms with E-state index in [0.29, 0.717) is 6.54 Å². The standard InChI is InChI=1S/C17H23ClN2O4S/c1-17(2,3)8-4-9-19-16(22)13-11-12(5-6-14(13)18)20-15(21)7-10-25(20,23)24/h5-6,11H,4,7-10H2,1-3H3,(H,19,22). The van der Waals surface area contributed by atoms with Gasteiger partial charge in [-0.15, -0.1) is 0 Å². The van der Waals surface area contributed by atoms with E-state index < -0.39 is 15.9 Å². The van der Waals surface area contributed by atoms with Crippen molar-refractivity contribution in [2.75, 3.05) is 16.6 Å². The zero-order valence-corrected chi connectivity index (χ0v) is 16.2. The fourth-order valence-electron chi connectivity index (χ4n) is 2.60. The van der Waals surface area contributed by atoms with E-state index >= 15 is 0 Å². The molecule has 1 saturated heterocycles. The summed E-state index contributed by atoms with van der Waals surface area (Å²) in [5, 5.41) is 3.00. The second-order valence-electron chi connectivity index (χ2n) is 7.31. The summed E-state index contributed by atoms with van der Waals surface area (Å²) in [7, 11) is -3.67. The molecule has 1 fully saturated rings. The number of halogens is 1. The number of carbonyl (C=O) groups excluding carboxylic acids is 2. The zero-order valence-electron chi connectivity index (χ0n) is 14.6. The molecule has 138 valence electrons. The van der Waals surface area contributed by atoms with E-state index in [9.17, 15) is 18.0 Å². The average molecular weight is 387 g/mol. The third kappa shape index (κ3) is 4.95. The van der Waals surface area contributed by atoms with Crippen LogP contribution in [-0.4, -0.2) is 32.5 Å². The maximum atomic E-state index is 12.4. The molecule has 0 radical (unpaired) electrons. The summed E-state index contributed by atoms with van der Waals surface area (Å²) in [4.78, 5) is 24.2. The van der Waals surface area contributed by atoms with Gasteiger partial charge in [0.1, 0.15) is 0 Å². The van der Waals surface area contributed by atoms with Gasteiger partial charge in [-0.05, 0) is 36.5 Å². The molecule has 1 aromatic rings. The molecule has 0 unspecified atom stereocenters. The average Bonchev–Trinajstić information content (AvgIpc) is 2.77. The molecule has 2 amide bonds. The molecule has 0 spiro atoms. The van der Waals surface area contributed by atoms with E-state index in [1.807, 2.05) is 0 Å². The monoisotopic (exact) mass is 386 g/mol. The minimum atomic E-state index is -3.67. The number of nitrogens with zero attached hydrogens (tertiary/aromatic N) is 1. The molecular weight excluding hydrogens is 364 g/mol. The van der Waals surface area contributed by atoms with Crippen molar-refractivity contribution in [2.24, 2.45) is 5.41 Å². The maximum Gasteiger partial charge on any atom is 0.252 e. The lowest BCUT2D eigenvalue weighted by atomic mass is 9.91. The lowest BCUT2D eigenvalue weighted by molar-refractivity contribution is -0.116. The van der Waals surface area contributed by atoms with Crippen LogP contribution in [0.25, 0.3) is 0 Å². The fourth-order valence-corrected chi connectivity index (χ4v) is 4.25. The highest BCUT2D eigenvalue weighted by Crippen LogP contribution is 2.29. The van der Waals surface area contributed by atoms with E-state index in [2.05, 4.69) is 26.1 Å². The van der Waals surface area contributed by atoms with Crippen LogP contribution in [0.4, 0.5) is 5.69 Å². The van der Waals surface area contributed by atoms with Crippen molar-refractivity contribution in [3.8, 4) is 0 Å². The number of benzene rings is 1. The summed E-state index contributed by atoms with van der Waals surface area (Å²) in [5.41, 5.74) is 0.490. The molecule has 0 bridgehead atoms. The van der Waals surface area contributed by atoms with Gasteiger partial charge in [0, 0.05) is 13.0 Å². The highest BCUT2D eigenvalue weighted by molar-refractivity contribution is 7.94. The first-order chi connectivity index (χ1) is 11.5. The third-order valence-corrected chi connectivity index (χ3v) is 5.92. The summed E-state index contributed by atoms with van der Waals surface area (Å²) >= 11 is 6.08. The number of hydrogen-bond acceptors (Lipinski definition) is 4. The smallest absolute Gasteiger partial charge is 0.252 e. The van der Waals surface area contributed by atoms with Gasteiger partial charge in [0.2, 0.25) is 15.9 Å². The van der Waals surface area contributed by atoms with Crippen LogP contribution < -0.4 is 9.62 Å². The number of anilines is 1. The topological polar surface area (TPSA) is 83.6 Å². The minimum Gasteiger partial charge on any atom is -0.352 e. The van der Waals surface area contributed by atoms with Gasteiger partial charge in [0.05, 0.1) is 22.0 Å². The SMILES string of the molecule is CC(C)(C)CCCNC(=O)c1cc(N2C(=O)CCS2(=O)=O)ccc1Cl. The normalized spacial score (nSPS) is 17.0. The number of carbonyl (C=O) groups is 2. The van der Waals surface area contributed by atoms with Crippen molar-refractivity contribution in [3.63, 3.8) is 0 Å². The number of nitrogens with one attached hydrogen (secondary N) is 1. The Labute approximate surface area is 153 Å². The van der Waals surface area contributed by atoms with E-state index in [-0.39, 0.29) is 39.8 Å². The van der Waals surface area contributed by atoms with Gasteiger partial charge in [0.25, 0.3) is 5.91 Å². The molecule has 1 heterocycles. The molecule has 6 nitrogen and oxygen atoms in total. The molecule has 0 saturated carbocycles. The van der Waals surface area contributed by atoms with E-state index in [0.717, 1.165) is 17.1 Å². The van der Waals surface area contributed by atoms with Gasteiger partial charge in [-0.2, -0.15) is 0 Å². The molecule has 25 heavy (non-hydrogen) atoms. The van der Waals surface area contributed by atoms with Crippen molar-refractivity contribution in [1.29, 1.82) is 0 Å². The molecule has 8 heteroatoms. The molecule has 1 aliphatic rings. The summed E-state index contributed by atoms with van der Waals surface area (Å²) in [6.07, 6.45) is 1.73. The molecule has 0 aliphatic carbocycles. The van der Waals surface area contributed by atoms with Gasteiger partial charge in [-0.3, -0.25) is 9.59 Å². The van der Waals surface area contributed by atoms with Gasteiger partial charge in [0.15, 0.2) is 0 Å². The first-order valence-electron chi connectivity index (χ1n) is 8.15. The molecule has 1 aliphatic heterocycles. The second-order valence-corrected chi connectivity index (χ2v) is 9.65. The Morgan fingerprint density at radius 1 is 1.32 bits per heavy atom. The highest BCUT2D eigenvalue weighted by atomic mass is 35.5. The maximum absolute atomic E-state index is 12.4. The Bertz CT molecular complexity index is 784. The zero-order chi connectivity index (χ0) is 18.8.